The summed E-state index contributed by atoms with van der Waals surface area (Å²) < 4.78 is 0. The van der Waals surface area contributed by atoms with Gasteiger partial charge in [-0.15, -0.1) is 0 Å². The van der Waals surface area contributed by atoms with Crippen LogP contribution in [0.3, 0.4) is 0 Å². The number of hydrogen-bond donors (Lipinski definition) is 0. The molecular formula is C20H22N2O. The fraction of sp³-hybridized carbons (Fsp3) is 0.350. The van der Waals surface area contributed by atoms with E-state index in [9.17, 15) is 4.79 Å². The largest absolute Gasteiger partial charge is 0.370 e. The molecule has 23 heavy (non-hydrogen) atoms. The number of likely N-dealkylation sites (tertiary alicyclic amines) is 1. The van der Waals surface area contributed by atoms with E-state index in [0.717, 1.165) is 37.3 Å². The fourth-order valence-corrected chi connectivity index (χ4v) is 4.08. The number of nitrogens with zero attached hydrogens (tertiary/aromatic N) is 2. The molecule has 2 unspecified atom stereocenters. The van der Waals surface area contributed by atoms with Gasteiger partial charge >= 0.3 is 0 Å². The summed E-state index contributed by atoms with van der Waals surface area (Å²) in [5.74, 6) is 0.411. The number of fused-ring (bicyclic) bond motifs is 2. The molecule has 2 heterocycles. The van der Waals surface area contributed by atoms with Gasteiger partial charge in [-0.1, -0.05) is 42.5 Å². The molecule has 0 spiro atoms. The lowest BCUT2D eigenvalue weighted by Crippen LogP contribution is -2.55. The van der Waals surface area contributed by atoms with Crippen molar-refractivity contribution in [1.29, 1.82) is 0 Å². The number of anilines is 1. The quantitative estimate of drug-likeness (QED) is 0.851. The van der Waals surface area contributed by atoms with E-state index in [1.165, 1.54) is 5.56 Å². The average molecular weight is 306 g/mol. The van der Waals surface area contributed by atoms with E-state index >= 15 is 0 Å². The van der Waals surface area contributed by atoms with Crippen LogP contribution in [0.25, 0.3) is 0 Å². The van der Waals surface area contributed by atoms with Gasteiger partial charge in [0, 0.05) is 44.0 Å². The first-order valence-electron chi connectivity index (χ1n) is 8.36. The van der Waals surface area contributed by atoms with Crippen molar-refractivity contribution in [3.8, 4) is 0 Å². The molecule has 2 aromatic carbocycles. The molecule has 118 valence electrons. The Hall–Kier alpha value is -2.13. The molecule has 0 N–H and O–H groups in total. The summed E-state index contributed by atoms with van der Waals surface area (Å²) in [5.41, 5.74) is 3.30. The molecule has 0 amide bonds. The molecule has 0 bridgehead atoms. The molecule has 1 fully saturated rings. The van der Waals surface area contributed by atoms with Crippen LogP contribution >= 0.6 is 0 Å². The van der Waals surface area contributed by atoms with Crippen molar-refractivity contribution in [3.05, 3.63) is 65.7 Å². The van der Waals surface area contributed by atoms with Crippen LogP contribution in [-0.2, 0) is 6.54 Å². The van der Waals surface area contributed by atoms with E-state index in [1.807, 2.05) is 24.3 Å². The van der Waals surface area contributed by atoms with Gasteiger partial charge in [-0.05, 0) is 24.1 Å². The molecule has 2 atom stereocenters. The number of benzene rings is 2. The molecule has 3 nitrogen and oxygen atoms in total. The summed E-state index contributed by atoms with van der Waals surface area (Å²) in [6.07, 6.45) is 1.05. The highest BCUT2D eigenvalue weighted by molar-refractivity contribution is 6.05. The Labute approximate surface area is 137 Å². The molecule has 2 aromatic rings. The van der Waals surface area contributed by atoms with Crippen LogP contribution < -0.4 is 4.90 Å². The van der Waals surface area contributed by atoms with Crippen LogP contribution in [0.15, 0.2) is 54.6 Å². The van der Waals surface area contributed by atoms with Gasteiger partial charge in [0.15, 0.2) is 5.78 Å². The second-order valence-electron chi connectivity index (χ2n) is 6.68. The standard InChI is InChI=1S/C20H22N2O/c1-21-18-10-6-5-9-16(18)20(23)17-14-22(12-11-19(17)21)13-15-7-3-2-4-8-15/h2-10,17,19H,11-14H2,1H3. The molecule has 0 aliphatic carbocycles. The number of hydrogen-bond acceptors (Lipinski definition) is 3. The van der Waals surface area contributed by atoms with Gasteiger partial charge in [0.2, 0.25) is 0 Å². The maximum atomic E-state index is 12.9. The maximum absolute atomic E-state index is 12.9. The van der Waals surface area contributed by atoms with Gasteiger partial charge in [-0.25, -0.2) is 0 Å². The van der Waals surface area contributed by atoms with Crippen LogP contribution in [-0.4, -0.2) is 36.9 Å². The fourth-order valence-electron chi connectivity index (χ4n) is 4.08. The lowest BCUT2D eigenvalue weighted by atomic mass is 9.80. The first-order valence-corrected chi connectivity index (χ1v) is 8.36. The monoisotopic (exact) mass is 306 g/mol. The highest BCUT2D eigenvalue weighted by atomic mass is 16.1. The first kappa shape index (κ1) is 14.5. The predicted octanol–water partition coefficient (Wildman–Crippen LogP) is 3.21. The first-order chi connectivity index (χ1) is 11.2. The van der Waals surface area contributed by atoms with Crippen LogP contribution in [0.5, 0.6) is 0 Å². The molecule has 3 heteroatoms. The highest BCUT2D eigenvalue weighted by Gasteiger charge is 2.41. The summed E-state index contributed by atoms with van der Waals surface area (Å²) in [4.78, 5) is 17.7. The minimum Gasteiger partial charge on any atom is -0.370 e. The van der Waals surface area contributed by atoms with Crippen molar-refractivity contribution < 1.29 is 4.79 Å². The van der Waals surface area contributed by atoms with E-state index in [-0.39, 0.29) is 5.92 Å². The zero-order chi connectivity index (χ0) is 15.8. The second kappa shape index (κ2) is 5.82. The molecule has 0 aromatic heterocycles. The van der Waals surface area contributed by atoms with Crippen LogP contribution in [0.2, 0.25) is 0 Å². The van der Waals surface area contributed by atoms with Crippen molar-refractivity contribution in [2.75, 3.05) is 25.0 Å². The Morgan fingerprint density at radius 1 is 1.04 bits per heavy atom. The third-order valence-electron chi connectivity index (χ3n) is 5.29. The Balaban J connectivity index is 1.56. The second-order valence-corrected chi connectivity index (χ2v) is 6.68. The Morgan fingerprint density at radius 3 is 2.61 bits per heavy atom. The molecular weight excluding hydrogens is 284 g/mol. The van der Waals surface area contributed by atoms with Crippen LogP contribution in [0.4, 0.5) is 5.69 Å². The van der Waals surface area contributed by atoms with E-state index in [4.69, 9.17) is 0 Å². The summed E-state index contributed by atoms with van der Waals surface area (Å²) in [6.45, 7) is 2.84. The maximum Gasteiger partial charge on any atom is 0.171 e. The van der Waals surface area contributed by atoms with Crippen molar-refractivity contribution >= 4 is 11.5 Å². The Bertz CT molecular complexity index is 713. The van der Waals surface area contributed by atoms with E-state index in [1.54, 1.807) is 0 Å². The molecule has 1 saturated heterocycles. The molecule has 4 rings (SSSR count). The summed E-state index contributed by atoms with van der Waals surface area (Å²) in [6, 6.07) is 18.9. The normalized spacial score (nSPS) is 24.2. The van der Waals surface area contributed by atoms with Crippen LogP contribution in [0, 0.1) is 5.92 Å². The number of piperidine rings is 1. The highest BCUT2D eigenvalue weighted by Crippen LogP contribution is 2.36. The number of carbonyl (C=O) groups excluding carboxylic acids is 1. The number of ketones is 1. The van der Waals surface area contributed by atoms with Gasteiger partial charge in [0.25, 0.3) is 0 Å². The topological polar surface area (TPSA) is 23.6 Å². The van der Waals surface area contributed by atoms with E-state index in [2.05, 4.69) is 47.2 Å². The number of carbonyl (C=O) groups is 1. The third kappa shape index (κ3) is 2.55. The van der Waals surface area contributed by atoms with Crippen molar-refractivity contribution in [2.45, 2.75) is 19.0 Å². The van der Waals surface area contributed by atoms with Gasteiger partial charge in [-0.2, -0.15) is 0 Å². The number of para-hydroxylation sites is 1. The Kier molecular flexibility index (Phi) is 3.66. The van der Waals surface area contributed by atoms with Crippen molar-refractivity contribution in [1.82, 2.24) is 4.90 Å². The van der Waals surface area contributed by atoms with E-state index in [0.29, 0.717) is 11.8 Å². The zero-order valence-corrected chi connectivity index (χ0v) is 13.5. The van der Waals surface area contributed by atoms with Gasteiger partial charge in [0.1, 0.15) is 0 Å². The predicted molar refractivity (Wildman–Crippen MR) is 92.8 cm³/mol. The van der Waals surface area contributed by atoms with Crippen molar-refractivity contribution in [2.24, 2.45) is 5.92 Å². The smallest absolute Gasteiger partial charge is 0.171 e. The molecule has 0 saturated carbocycles. The molecule has 0 radical (unpaired) electrons. The minimum absolute atomic E-state index is 0.0902. The number of Topliss-reactive ketones (excluding diaryl/α,β-unsaturated/α-hetero) is 1. The minimum atomic E-state index is 0.0902. The lowest BCUT2D eigenvalue weighted by molar-refractivity contribution is 0.0752. The number of rotatable bonds is 2. The van der Waals surface area contributed by atoms with E-state index < -0.39 is 0 Å². The summed E-state index contributed by atoms with van der Waals surface area (Å²) >= 11 is 0. The summed E-state index contributed by atoms with van der Waals surface area (Å²) in [7, 11) is 2.13. The van der Waals surface area contributed by atoms with Gasteiger partial charge in [0.05, 0.1) is 5.92 Å². The Morgan fingerprint density at radius 2 is 1.78 bits per heavy atom. The van der Waals surface area contributed by atoms with Crippen molar-refractivity contribution in [3.63, 3.8) is 0 Å². The average Bonchev–Trinajstić information content (AvgIpc) is 2.60. The van der Waals surface area contributed by atoms with Gasteiger partial charge in [-0.3, -0.25) is 9.69 Å². The zero-order valence-electron chi connectivity index (χ0n) is 13.5. The molecule has 2 aliphatic rings. The molecule has 2 aliphatic heterocycles. The lowest BCUT2D eigenvalue weighted by Gasteiger charge is -2.46. The van der Waals surface area contributed by atoms with Gasteiger partial charge < -0.3 is 4.90 Å². The summed E-state index contributed by atoms with van der Waals surface area (Å²) in [5, 5.41) is 0. The third-order valence-corrected chi connectivity index (χ3v) is 5.29. The van der Waals surface area contributed by atoms with Crippen LogP contribution in [0.1, 0.15) is 22.3 Å². The SMILES string of the molecule is CN1c2ccccc2C(=O)C2CN(Cc3ccccc3)CCC21.